The topological polar surface area (TPSA) is 59.4 Å². The number of nitrogens with zero attached hydrogens (tertiary/aromatic N) is 1. The molecule has 0 amide bonds. The average Bonchev–Trinajstić information content (AvgIpc) is 2.79. The van der Waals surface area contributed by atoms with Crippen molar-refractivity contribution in [3.05, 3.63) is 39.7 Å². The first-order valence-electron chi connectivity index (χ1n) is 6.36. The van der Waals surface area contributed by atoms with Gasteiger partial charge in [-0.3, -0.25) is 4.79 Å². The Morgan fingerprint density at radius 2 is 2.05 bits per heavy atom. The van der Waals surface area contributed by atoms with Crippen LogP contribution in [0.3, 0.4) is 0 Å². The zero-order valence-electron chi connectivity index (χ0n) is 11.5. The molecule has 0 saturated carbocycles. The van der Waals surface area contributed by atoms with Crippen LogP contribution < -0.4 is 0 Å². The molecule has 2 aromatic rings. The highest BCUT2D eigenvalue weighted by atomic mass is 32.1. The Bertz CT molecular complexity index is 590. The summed E-state index contributed by atoms with van der Waals surface area (Å²) in [5, 5.41) is 9.94. The van der Waals surface area contributed by atoms with Gasteiger partial charge in [0.1, 0.15) is 0 Å². The van der Waals surface area contributed by atoms with E-state index >= 15 is 0 Å². The molecule has 4 nitrogen and oxygen atoms in total. The fourth-order valence-electron chi connectivity index (χ4n) is 1.89. The highest BCUT2D eigenvalue weighted by molar-refractivity contribution is 7.12. The molecule has 0 aliphatic carbocycles. The van der Waals surface area contributed by atoms with Gasteiger partial charge in [0, 0.05) is 24.0 Å². The summed E-state index contributed by atoms with van der Waals surface area (Å²) >= 11 is 1.45. The molecule has 0 saturated heterocycles. The third-order valence-electron chi connectivity index (χ3n) is 2.90. The predicted octanol–water partition coefficient (Wildman–Crippen LogP) is 2.93. The highest BCUT2D eigenvalue weighted by Crippen LogP contribution is 2.29. The molecule has 5 heteroatoms. The maximum atomic E-state index is 11.0. The summed E-state index contributed by atoms with van der Waals surface area (Å²) in [5.41, 5.74) is 2.92. The van der Waals surface area contributed by atoms with E-state index in [4.69, 9.17) is 9.84 Å². The number of hydrogen-bond donors (Lipinski definition) is 1. The van der Waals surface area contributed by atoms with Gasteiger partial charge >= 0.3 is 5.97 Å². The number of aryl methyl sites for hydroxylation is 1. The molecule has 1 N–H and O–H groups in total. The van der Waals surface area contributed by atoms with Gasteiger partial charge in [-0.2, -0.15) is 0 Å². The van der Waals surface area contributed by atoms with Crippen LogP contribution in [0.2, 0.25) is 0 Å². The van der Waals surface area contributed by atoms with Crippen LogP contribution in [0.4, 0.5) is 0 Å². The van der Waals surface area contributed by atoms with E-state index in [-0.39, 0.29) is 6.42 Å². The Balaban J connectivity index is 2.35. The molecular weight excluding hydrogens is 274 g/mol. The first-order valence-corrected chi connectivity index (χ1v) is 7.18. The van der Waals surface area contributed by atoms with Crippen molar-refractivity contribution in [1.82, 2.24) is 4.98 Å². The number of carbonyl (C=O) groups is 1. The van der Waals surface area contributed by atoms with Gasteiger partial charge in [0.2, 0.25) is 0 Å². The molecule has 0 unspecified atom stereocenters. The van der Waals surface area contributed by atoms with Crippen molar-refractivity contribution in [2.45, 2.75) is 19.8 Å². The van der Waals surface area contributed by atoms with Gasteiger partial charge in [-0.1, -0.05) is 29.8 Å². The summed E-state index contributed by atoms with van der Waals surface area (Å²) in [6.07, 6.45) is 0.716. The van der Waals surface area contributed by atoms with Gasteiger partial charge in [0.25, 0.3) is 0 Å². The molecule has 0 aliphatic heterocycles. The summed E-state index contributed by atoms with van der Waals surface area (Å²) in [5.74, 6) is -0.833. The largest absolute Gasteiger partial charge is 0.481 e. The smallest absolute Gasteiger partial charge is 0.308 e. The number of benzene rings is 1. The Morgan fingerprint density at radius 1 is 1.35 bits per heavy atom. The molecule has 0 fully saturated rings. The molecule has 0 radical (unpaired) electrons. The minimum Gasteiger partial charge on any atom is -0.481 e. The number of carboxylic acids is 1. The van der Waals surface area contributed by atoms with Crippen LogP contribution in [0, 0.1) is 6.92 Å². The molecule has 2 rings (SSSR count). The molecule has 1 aromatic carbocycles. The standard InChI is InChI=1S/C15H17NO3S/c1-10-3-5-11(6-4-10)15-12(9-14(17)18)20-13(16-15)7-8-19-2/h3-6H,7-9H2,1-2H3,(H,17,18). The number of ether oxygens (including phenoxy) is 1. The van der Waals surface area contributed by atoms with Crippen molar-refractivity contribution in [2.75, 3.05) is 13.7 Å². The van der Waals surface area contributed by atoms with Crippen LogP contribution in [-0.4, -0.2) is 29.8 Å². The summed E-state index contributed by atoms with van der Waals surface area (Å²) in [7, 11) is 1.65. The zero-order chi connectivity index (χ0) is 14.5. The Hall–Kier alpha value is -1.72. The van der Waals surface area contributed by atoms with Gasteiger partial charge in [-0.05, 0) is 6.92 Å². The number of aromatic nitrogens is 1. The highest BCUT2D eigenvalue weighted by Gasteiger charge is 2.15. The Kier molecular flexibility index (Phi) is 4.87. The van der Waals surface area contributed by atoms with Crippen molar-refractivity contribution in [3.8, 4) is 11.3 Å². The first kappa shape index (κ1) is 14.7. The van der Waals surface area contributed by atoms with E-state index < -0.39 is 5.97 Å². The van der Waals surface area contributed by atoms with Crippen LogP contribution >= 0.6 is 11.3 Å². The number of hydrogen-bond acceptors (Lipinski definition) is 4. The maximum absolute atomic E-state index is 11.0. The van der Waals surface area contributed by atoms with Gasteiger partial charge in [-0.25, -0.2) is 4.98 Å². The molecule has 106 valence electrons. The second kappa shape index (κ2) is 6.63. The van der Waals surface area contributed by atoms with Crippen LogP contribution in [-0.2, 0) is 22.4 Å². The zero-order valence-corrected chi connectivity index (χ0v) is 12.4. The quantitative estimate of drug-likeness (QED) is 0.889. The molecule has 0 aliphatic rings. The second-order valence-electron chi connectivity index (χ2n) is 4.56. The van der Waals surface area contributed by atoms with Crippen molar-refractivity contribution < 1.29 is 14.6 Å². The minimum atomic E-state index is -0.833. The molecule has 1 aromatic heterocycles. The van der Waals surface area contributed by atoms with Gasteiger partial charge in [0.15, 0.2) is 0 Å². The van der Waals surface area contributed by atoms with Gasteiger partial charge in [-0.15, -0.1) is 11.3 Å². The van der Waals surface area contributed by atoms with E-state index in [0.29, 0.717) is 13.0 Å². The molecule has 0 spiro atoms. The lowest BCUT2D eigenvalue weighted by atomic mass is 10.1. The van der Waals surface area contributed by atoms with Crippen LogP contribution in [0.25, 0.3) is 11.3 Å². The average molecular weight is 291 g/mol. The van der Waals surface area contributed by atoms with Crippen molar-refractivity contribution >= 4 is 17.3 Å². The number of thiazole rings is 1. The Morgan fingerprint density at radius 3 is 2.65 bits per heavy atom. The summed E-state index contributed by atoms with van der Waals surface area (Å²) in [4.78, 5) is 16.4. The SMILES string of the molecule is COCCc1nc(-c2ccc(C)cc2)c(CC(=O)O)s1. The molecule has 1 heterocycles. The fraction of sp³-hybridized carbons (Fsp3) is 0.333. The van der Waals surface area contributed by atoms with Crippen LogP contribution in [0.1, 0.15) is 15.4 Å². The fourth-order valence-corrected chi connectivity index (χ4v) is 2.95. The summed E-state index contributed by atoms with van der Waals surface area (Å²) in [6.45, 7) is 2.61. The lowest BCUT2D eigenvalue weighted by Gasteiger charge is -2.01. The second-order valence-corrected chi connectivity index (χ2v) is 5.73. The summed E-state index contributed by atoms with van der Waals surface area (Å²) < 4.78 is 5.05. The number of rotatable bonds is 6. The summed E-state index contributed by atoms with van der Waals surface area (Å²) in [6, 6.07) is 7.98. The van der Waals surface area contributed by atoms with Crippen molar-refractivity contribution in [2.24, 2.45) is 0 Å². The Labute approximate surface area is 122 Å². The monoisotopic (exact) mass is 291 g/mol. The van der Waals surface area contributed by atoms with Crippen molar-refractivity contribution in [1.29, 1.82) is 0 Å². The van der Waals surface area contributed by atoms with Gasteiger partial charge < -0.3 is 9.84 Å². The first-order chi connectivity index (χ1) is 9.60. The molecule has 0 atom stereocenters. The van der Waals surface area contributed by atoms with E-state index in [1.54, 1.807) is 7.11 Å². The number of methoxy groups -OCH3 is 1. The lowest BCUT2D eigenvalue weighted by Crippen LogP contribution is -1.99. The predicted molar refractivity (Wildman–Crippen MR) is 79.2 cm³/mol. The van der Waals surface area contributed by atoms with E-state index in [1.807, 2.05) is 31.2 Å². The minimum absolute atomic E-state index is 0.00780. The lowest BCUT2D eigenvalue weighted by molar-refractivity contribution is -0.136. The van der Waals surface area contributed by atoms with E-state index in [2.05, 4.69) is 4.98 Å². The van der Waals surface area contributed by atoms with Crippen molar-refractivity contribution in [3.63, 3.8) is 0 Å². The number of carboxylic acid groups (broad SMARTS) is 1. The van der Waals surface area contributed by atoms with Crippen LogP contribution in [0.5, 0.6) is 0 Å². The normalized spacial score (nSPS) is 10.7. The molecule has 0 bridgehead atoms. The van der Waals surface area contributed by atoms with E-state index in [0.717, 1.165) is 21.1 Å². The third kappa shape index (κ3) is 3.65. The number of aliphatic carboxylic acids is 1. The van der Waals surface area contributed by atoms with Gasteiger partial charge in [0.05, 0.1) is 23.7 Å². The molecule has 20 heavy (non-hydrogen) atoms. The van der Waals surface area contributed by atoms with Crippen LogP contribution in [0.15, 0.2) is 24.3 Å². The maximum Gasteiger partial charge on any atom is 0.308 e. The van der Waals surface area contributed by atoms with E-state index in [9.17, 15) is 4.79 Å². The van der Waals surface area contributed by atoms with E-state index in [1.165, 1.54) is 16.9 Å². The third-order valence-corrected chi connectivity index (χ3v) is 4.01. The molecular formula is C15H17NO3S.